The van der Waals surface area contributed by atoms with Gasteiger partial charge in [-0.1, -0.05) is 49.3 Å². The molecule has 1 aliphatic heterocycles. The molecule has 1 aliphatic rings. The number of hydrogen-bond acceptors (Lipinski definition) is 5. The zero-order chi connectivity index (χ0) is 17.6. The van der Waals surface area contributed by atoms with Crippen LogP contribution in [0.5, 0.6) is 0 Å². The van der Waals surface area contributed by atoms with E-state index in [1.54, 1.807) is 0 Å². The molecule has 0 spiro atoms. The second kappa shape index (κ2) is 8.25. The van der Waals surface area contributed by atoms with Crippen molar-refractivity contribution < 1.29 is 9.32 Å². The minimum absolute atomic E-state index is 0.0707. The highest BCUT2D eigenvalue weighted by Crippen LogP contribution is 2.15. The van der Waals surface area contributed by atoms with E-state index < -0.39 is 0 Å². The summed E-state index contributed by atoms with van der Waals surface area (Å²) in [6.45, 7) is 8.36. The van der Waals surface area contributed by atoms with Gasteiger partial charge in [-0.05, 0) is 13.0 Å². The molecule has 3 rings (SSSR count). The Bertz CT molecular complexity index is 684. The van der Waals surface area contributed by atoms with Crippen LogP contribution in [0.25, 0.3) is 11.4 Å². The van der Waals surface area contributed by atoms with E-state index in [9.17, 15) is 4.79 Å². The zero-order valence-corrected chi connectivity index (χ0v) is 15.0. The molecular formula is C19H26N4O2. The molecule has 0 radical (unpaired) electrons. The van der Waals surface area contributed by atoms with Gasteiger partial charge in [-0.15, -0.1) is 0 Å². The molecule has 25 heavy (non-hydrogen) atoms. The average Bonchev–Trinajstić information content (AvgIpc) is 2.98. The molecule has 0 unspecified atom stereocenters. The zero-order valence-electron chi connectivity index (χ0n) is 15.0. The van der Waals surface area contributed by atoms with Crippen molar-refractivity contribution in [1.82, 2.24) is 19.9 Å². The Morgan fingerprint density at radius 2 is 1.96 bits per heavy atom. The van der Waals surface area contributed by atoms with E-state index in [0.717, 1.165) is 51.1 Å². The molecule has 0 N–H and O–H groups in total. The highest BCUT2D eigenvalue weighted by Gasteiger charge is 2.21. The van der Waals surface area contributed by atoms with Crippen LogP contribution in [0.2, 0.25) is 0 Å². The van der Waals surface area contributed by atoms with Crippen molar-refractivity contribution in [3.63, 3.8) is 0 Å². The number of nitrogens with zero attached hydrogens (tertiary/aromatic N) is 4. The van der Waals surface area contributed by atoms with E-state index >= 15 is 0 Å². The third-order valence-electron chi connectivity index (χ3n) is 4.54. The molecule has 2 heterocycles. The minimum atomic E-state index is 0.0707. The average molecular weight is 342 g/mol. The maximum atomic E-state index is 12.1. The Hall–Kier alpha value is -2.21. The Morgan fingerprint density at radius 3 is 2.72 bits per heavy atom. The number of amides is 1. The molecule has 1 saturated heterocycles. The van der Waals surface area contributed by atoms with Crippen LogP contribution in [-0.4, -0.2) is 58.6 Å². The monoisotopic (exact) mass is 342 g/mol. The van der Waals surface area contributed by atoms with Crippen LogP contribution in [0, 0.1) is 5.92 Å². The third kappa shape index (κ3) is 4.66. The summed E-state index contributed by atoms with van der Waals surface area (Å²) < 4.78 is 5.38. The molecule has 1 amide bonds. The van der Waals surface area contributed by atoms with E-state index in [0.29, 0.717) is 11.7 Å². The highest BCUT2D eigenvalue weighted by molar-refractivity contribution is 5.78. The smallest absolute Gasteiger partial charge is 0.228 e. The Kier molecular flexibility index (Phi) is 5.81. The molecule has 1 aromatic heterocycles. The fraction of sp³-hybridized carbons (Fsp3) is 0.526. The van der Waals surface area contributed by atoms with Gasteiger partial charge in [0.2, 0.25) is 17.6 Å². The summed E-state index contributed by atoms with van der Waals surface area (Å²) in [5, 5.41) is 4.07. The van der Waals surface area contributed by atoms with Gasteiger partial charge >= 0.3 is 0 Å². The number of benzene rings is 1. The molecule has 1 aromatic carbocycles. The van der Waals surface area contributed by atoms with Crippen molar-refractivity contribution in [3.05, 3.63) is 36.2 Å². The van der Waals surface area contributed by atoms with Crippen molar-refractivity contribution in [3.8, 4) is 11.4 Å². The van der Waals surface area contributed by atoms with Gasteiger partial charge in [0.25, 0.3) is 0 Å². The molecule has 2 aromatic rings. The molecule has 1 fully saturated rings. The van der Waals surface area contributed by atoms with Gasteiger partial charge in [-0.25, -0.2) is 0 Å². The van der Waals surface area contributed by atoms with Crippen LogP contribution in [-0.2, 0) is 11.2 Å². The van der Waals surface area contributed by atoms with Crippen LogP contribution in [0.4, 0.5) is 0 Å². The maximum Gasteiger partial charge on any atom is 0.228 e. The van der Waals surface area contributed by atoms with Crippen molar-refractivity contribution in [2.45, 2.75) is 26.7 Å². The predicted molar refractivity (Wildman–Crippen MR) is 95.9 cm³/mol. The first kappa shape index (κ1) is 17.6. The predicted octanol–water partition coefficient (Wildman–Crippen LogP) is 2.47. The fourth-order valence-corrected chi connectivity index (χ4v) is 3.09. The van der Waals surface area contributed by atoms with Crippen molar-refractivity contribution in [1.29, 1.82) is 0 Å². The largest absolute Gasteiger partial charge is 0.341 e. The number of hydrogen-bond donors (Lipinski definition) is 0. The Labute approximate surface area is 148 Å². The first-order valence-corrected chi connectivity index (χ1v) is 9.02. The molecule has 6 heteroatoms. The van der Waals surface area contributed by atoms with Crippen molar-refractivity contribution in [2.75, 3.05) is 32.7 Å². The van der Waals surface area contributed by atoms with E-state index in [4.69, 9.17) is 4.52 Å². The van der Waals surface area contributed by atoms with Crippen LogP contribution in [0.1, 0.15) is 26.2 Å². The number of aromatic nitrogens is 2. The van der Waals surface area contributed by atoms with Gasteiger partial charge in [0, 0.05) is 44.1 Å². The van der Waals surface area contributed by atoms with Crippen LogP contribution in [0.3, 0.4) is 0 Å². The molecule has 0 saturated carbocycles. The summed E-state index contributed by atoms with van der Waals surface area (Å²) in [6, 6.07) is 9.85. The van der Waals surface area contributed by atoms with Crippen LogP contribution < -0.4 is 0 Å². The molecule has 134 valence electrons. The maximum absolute atomic E-state index is 12.1. The van der Waals surface area contributed by atoms with E-state index in [2.05, 4.69) is 15.0 Å². The second-order valence-electron chi connectivity index (χ2n) is 6.80. The number of carbonyl (C=O) groups excluding carboxylic acids is 1. The topological polar surface area (TPSA) is 62.5 Å². The fourth-order valence-electron chi connectivity index (χ4n) is 3.09. The SMILES string of the molecule is CC(C)C(=O)N1CCCN(CCc2nc(-c3ccccc3)no2)CC1. The van der Waals surface area contributed by atoms with Gasteiger partial charge in [0.15, 0.2) is 0 Å². The minimum Gasteiger partial charge on any atom is -0.341 e. The third-order valence-corrected chi connectivity index (χ3v) is 4.54. The van der Waals surface area contributed by atoms with Gasteiger partial charge in [-0.2, -0.15) is 4.98 Å². The molecule has 0 aliphatic carbocycles. The molecule has 0 bridgehead atoms. The molecule has 0 atom stereocenters. The lowest BCUT2D eigenvalue weighted by atomic mass is 10.2. The summed E-state index contributed by atoms with van der Waals surface area (Å²) in [6.07, 6.45) is 1.75. The van der Waals surface area contributed by atoms with E-state index in [1.165, 1.54) is 0 Å². The second-order valence-corrected chi connectivity index (χ2v) is 6.80. The van der Waals surface area contributed by atoms with E-state index in [1.807, 2.05) is 49.1 Å². The highest BCUT2D eigenvalue weighted by atomic mass is 16.5. The lowest BCUT2D eigenvalue weighted by Gasteiger charge is -2.23. The van der Waals surface area contributed by atoms with Gasteiger partial charge in [0.05, 0.1) is 0 Å². The van der Waals surface area contributed by atoms with Gasteiger partial charge in [0.1, 0.15) is 0 Å². The van der Waals surface area contributed by atoms with E-state index in [-0.39, 0.29) is 11.8 Å². The van der Waals surface area contributed by atoms with Gasteiger partial charge in [-0.3, -0.25) is 4.79 Å². The van der Waals surface area contributed by atoms with Gasteiger partial charge < -0.3 is 14.3 Å². The lowest BCUT2D eigenvalue weighted by molar-refractivity contribution is -0.134. The Balaban J connectivity index is 1.51. The summed E-state index contributed by atoms with van der Waals surface area (Å²) >= 11 is 0. The molecular weight excluding hydrogens is 316 g/mol. The summed E-state index contributed by atoms with van der Waals surface area (Å²) in [5.74, 6) is 1.63. The standard InChI is InChI=1S/C19H26N4O2/c1-15(2)19(24)23-11-6-10-22(13-14-23)12-9-17-20-18(21-25-17)16-7-4-3-5-8-16/h3-5,7-8,15H,6,9-14H2,1-2H3. The van der Waals surface area contributed by atoms with Crippen molar-refractivity contribution in [2.24, 2.45) is 5.92 Å². The van der Waals surface area contributed by atoms with Crippen molar-refractivity contribution >= 4 is 5.91 Å². The summed E-state index contributed by atoms with van der Waals surface area (Å²) in [4.78, 5) is 21.0. The number of rotatable bonds is 5. The first-order valence-electron chi connectivity index (χ1n) is 9.02. The Morgan fingerprint density at radius 1 is 1.16 bits per heavy atom. The van der Waals surface area contributed by atoms with Crippen LogP contribution >= 0.6 is 0 Å². The summed E-state index contributed by atoms with van der Waals surface area (Å²) in [7, 11) is 0. The normalized spacial score (nSPS) is 16.2. The van der Waals surface area contributed by atoms with Crippen LogP contribution in [0.15, 0.2) is 34.9 Å². The quantitative estimate of drug-likeness (QED) is 0.835. The molecule has 6 nitrogen and oxygen atoms in total. The first-order chi connectivity index (χ1) is 12.1. The number of carbonyl (C=O) groups is 1. The lowest BCUT2D eigenvalue weighted by Crippen LogP contribution is -2.37. The summed E-state index contributed by atoms with van der Waals surface area (Å²) in [5.41, 5.74) is 0.968.